The molecule has 22 heavy (non-hydrogen) atoms. The molecule has 116 valence electrons. The first-order valence-corrected chi connectivity index (χ1v) is 8.42. The van der Waals surface area contributed by atoms with Gasteiger partial charge in [0.25, 0.3) is 0 Å². The molecule has 0 radical (unpaired) electrons. The van der Waals surface area contributed by atoms with Crippen LogP contribution in [0.1, 0.15) is 18.5 Å². The van der Waals surface area contributed by atoms with Gasteiger partial charge < -0.3 is 15.5 Å². The average molecular weight is 316 g/mol. The number of nitrogens with one attached hydrogen (secondary N) is 2. The van der Waals surface area contributed by atoms with E-state index in [9.17, 15) is 4.79 Å². The van der Waals surface area contributed by atoms with Gasteiger partial charge in [-0.05, 0) is 42.5 Å². The van der Waals surface area contributed by atoms with E-state index in [4.69, 9.17) is 0 Å². The molecule has 1 fully saturated rings. The van der Waals surface area contributed by atoms with Crippen molar-refractivity contribution in [1.29, 1.82) is 0 Å². The summed E-state index contributed by atoms with van der Waals surface area (Å²) in [5.74, 6) is 0. The lowest BCUT2D eigenvalue weighted by Crippen LogP contribution is -2.47. The highest BCUT2D eigenvalue weighted by Gasteiger charge is 2.21. The monoisotopic (exact) mass is 316 g/mol. The summed E-state index contributed by atoms with van der Waals surface area (Å²) in [6, 6.07) is 10.1. The molecule has 6 heteroatoms. The first-order valence-electron chi connectivity index (χ1n) is 7.54. The zero-order chi connectivity index (χ0) is 15.2. The van der Waals surface area contributed by atoms with Crippen LogP contribution >= 0.6 is 11.3 Å². The third-order valence-corrected chi connectivity index (χ3v) is 4.73. The highest BCUT2D eigenvalue weighted by molar-refractivity contribution is 7.14. The molecule has 0 bridgehead atoms. The Morgan fingerprint density at radius 3 is 2.82 bits per heavy atom. The summed E-state index contributed by atoms with van der Waals surface area (Å²) in [7, 11) is 0. The van der Waals surface area contributed by atoms with E-state index < -0.39 is 0 Å². The van der Waals surface area contributed by atoms with E-state index in [1.165, 1.54) is 5.00 Å². The average Bonchev–Trinajstić information content (AvgIpc) is 3.09. The molecule has 2 N–H and O–H groups in total. The van der Waals surface area contributed by atoms with Crippen LogP contribution in [-0.2, 0) is 6.54 Å². The van der Waals surface area contributed by atoms with Gasteiger partial charge in [-0.1, -0.05) is 6.07 Å². The number of thiophene rings is 1. The summed E-state index contributed by atoms with van der Waals surface area (Å²) in [6.07, 6.45) is 3.69. The molecule has 0 saturated carbocycles. The normalized spacial score (nSPS) is 15.5. The maximum atomic E-state index is 11.9. The van der Waals surface area contributed by atoms with E-state index in [0.29, 0.717) is 6.54 Å². The molecular formula is C16H20N4OS. The predicted molar refractivity (Wildman–Crippen MR) is 89.2 cm³/mol. The topological polar surface area (TPSA) is 57.3 Å². The second-order valence-corrected chi connectivity index (χ2v) is 6.29. The number of urea groups is 1. The van der Waals surface area contributed by atoms with E-state index in [2.05, 4.69) is 38.0 Å². The second kappa shape index (κ2) is 7.26. The van der Waals surface area contributed by atoms with Gasteiger partial charge in [0.15, 0.2) is 0 Å². The molecule has 3 heterocycles. The molecular weight excluding hydrogens is 296 g/mol. The molecule has 1 saturated heterocycles. The second-order valence-electron chi connectivity index (χ2n) is 5.36. The van der Waals surface area contributed by atoms with Gasteiger partial charge in [-0.15, -0.1) is 11.3 Å². The largest absolute Gasteiger partial charge is 0.363 e. The summed E-state index contributed by atoms with van der Waals surface area (Å²) in [4.78, 5) is 18.5. The van der Waals surface area contributed by atoms with E-state index in [1.807, 2.05) is 18.2 Å². The van der Waals surface area contributed by atoms with Gasteiger partial charge in [-0.25, -0.2) is 4.79 Å². The first-order chi connectivity index (χ1) is 10.8. The molecule has 0 aliphatic carbocycles. The smallest absolute Gasteiger partial charge is 0.315 e. The lowest BCUT2D eigenvalue weighted by molar-refractivity contribution is 0.234. The van der Waals surface area contributed by atoms with Crippen LogP contribution in [0, 0.1) is 0 Å². The number of nitrogens with zero attached hydrogens (tertiary/aromatic N) is 2. The molecule has 2 aromatic heterocycles. The fraction of sp³-hybridized carbons (Fsp3) is 0.375. The number of pyridine rings is 1. The molecule has 3 rings (SSSR count). The van der Waals surface area contributed by atoms with Crippen molar-refractivity contribution >= 4 is 22.4 Å². The SMILES string of the molecule is O=C(NCc1ccccn1)NC1CCN(c2cccs2)CC1. The highest BCUT2D eigenvalue weighted by atomic mass is 32.1. The van der Waals surface area contributed by atoms with Crippen molar-refractivity contribution in [3.8, 4) is 0 Å². The Morgan fingerprint density at radius 2 is 2.14 bits per heavy atom. The van der Waals surface area contributed by atoms with Crippen molar-refractivity contribution in [1.82, 2.24) is 15.6 Å². The van der Waals surface area contributed by atoms with E-state index in [1.54, 1.807) is 17.5 Å². The van der Waals surface area contributed by atoms with Crippen LogP contribution in [0.5, 0.6) is 0 Å². The Hall–Kier alpha value is -2.08. The van der Waals surface area contributed by atoms with Crippen molar-refractivity contribution in [3.05, 3.63) is 47.6 Å². The number of hydrogen-bond donors (Lipinski definition) is 2. The number of hydrogen-bond acceptors (Lipinski definition) is 4. The van der Waals surface area contributed by atoms with Crippen molar-refractivity contribution in [2.24, 2.45) is 0 Å². The van der Waals surface area contributed by atoms with Gasteiger partial charge in [0.2, 0.25) is 0 Å². The van der Waals surface area contributed by atoms with Gasteiger partial charge in [-0.3, -0.25) is 4.98 Å². The van der Waals surface area contributed by atoms with Crippen LogP contribution in [0.4, 0.5) is 9.80 Å². The van der Waals surface area contributed by atoms with Crippen LogP contribution in [0.3, 0.4) is 0 Å². The molecule has 0 aromatic carbocycles. The van der Waals surface area contributed by atoms with Crippen LogP contribution in [-0.4, -0.2) is 30.1 Å². The number of aromatic nitrogens is 1. The van der Waals surface area contributed by atoms with Crippen LogP contribution < -0.4 is 15.5 Å². The lowest BCUT2D eigenvalue weighted by atomic mass is 10.1. The summed E-state index contributed by atoms with van der Waals surface area (Å²) in [5.41, 5.74) is 0.866. The maximum Gasteiger partial charge on any atom is 0.315 e. The maximum absolute atomic E-state index is 11.9. The first kappa shape index (κ1) is 14.8. The zero-order valence-corrected chi connectivity index (χ0v) is 13.2. The molecule has 0 unspecified atom stereocenters. The van der Waals surface area contributed by atoms with Crippen LogP contribution in [0.15, 0.2) is 41.9 Å². The molecule has 1 aliphatic heterocycles. The molecule has 2 amide bonds. The van der Waals surface area contributed by atoms with Gasteiger partial charge in [0.05, 0.1) is 17.2 Å². The number of piperidine rings is 1. The van der Waals surface area contributed by atoms with Crippen molar-refractivity contribution in [2.75, 3.05) is 18.0 Å². The minimum Gasteiger partial charge on any atom is -0.363 e. The molecule has 0 atom stereocenters. The quantitative estimate of drug-likeness (QED) is 0.911. The molecule has 2 aromatic rings. The standard InChI is InChI=1S/C16H20N4OS/c21-16(18-12-14-4-1-2-8-17-14)19-13-6-9-20(10-7-13)15-5-3-11-22-15/h1-5,8,11,13H,6-7,9-10,12H2,(H2,18,19,21). The number of rotatable bonds is 4. The Morgan fingerprint density at radius 1 is 1.27 bits per heavy atom. The van der Waals surface area contributed by atoms with Crippen molar-refractivity contribution in [3.63, 3.8) is 0 Å². The number of amides is 2. The number of carbonyl (C=O) groups is 1. The highest BCUT2D eigenvalue weighted by Crippen LogP contribution is 2.24. The van der Waals surface area contributed by atoms with Crippen LogP contribution in [0.25, 0.3) is 0 Å². The number of carbonyl (C=O) groups excluding carboxylic acids is 1. The third kappa shape index (κ3) is 3.98. The van der Waals surface area contributed by atoms with Gasteiger partial charge in [-0.2, -0.15) is 0 Å². The van der Waals surface area contributed by atoms with Gasteiger partial charge in [0, 0.05) is 25.3 Å². The molecule has 1 aliphatic rings. The number of anilines is 1. The van der Waals surface area contributed by atoms with E-state index >= 15 is 0 Å². The summed E-state index contributed by atoms with van der Waals surface area (Å²) < 4.78 is 0. The minimum atomic E-state index is -0.111. The fourth-order valence-corrected chi connectivity index (χ4v) is 3.39. The summed E-state index contributed by atoms with van der Waals surface area (Å²) in [5, 5.41) is 9.33. The molecule has 5 nitrogen and oxygen atoms in total. The lowest BCUT2D eigenvalue weighted by Gasteiger charge is -2.32. The predicted octanol–water partition coefficient (Wildman–Crippen LogP) is 2.61. The zero-order valence-electron chi connectivity index (χ0n) is 12.4. The van der Waals surface area contributed by atoms with Gasteiger partial charge >= 0.3 is 6.03 Å². The van der Waals surface area contributed by atoms with E-state index in [-0.39, 0.29) is 12.1 Å². The fourth-order valence-electron chi connectivity index (χ4n) is 2.60. The Bertz CT molecular complexity index is 579. The van der Waals surface area contributed by atoms with Crippen LogP contribution in [0.2, 0.25) is 0 Å². The van der Waals surface area contributed by atoms with E-state index in [0.717, 1.165) is 31.6 Å². The Kier molecular flexibility index (Phi) is 4.90. The summed E-state index contributed by atoms with van der Waals surface area (Å²) in [6.45, 7) is 2.44. The van der Waals surface area contributed by atoms with Crippen molar-refractivity contribution < 1.29 is 4.79 Å². The Labute approximate surface area is 134 Å². The minimum absolute atomic E-state index is 0.111. The summed E-state index contributed by atoms with van der Waals surface area (Å²) >= 11 is 1.77. The third-order valence-electron chi connectivity index (χ3n) is 3.80. The van der Waals surface area contributed by atoms with Gasteiger partial charge in [0.1, 0.15) is 0 Å². The molecule has 0 spiro atoms. The Balaban J connectivity index is 1.40. The van der Waals surface area contributed by atoms with Crippen molar-refractivity contribution in [2.45, 2.75) is 25.4 Å².